The van der Waals surface area contributed by atoms with Gasteiger partial charge in [0.15, 0.2) is 0 Å². The van der Waals surface area contributed by atoms with Crippen molar-refractivity contribution in [1.82, 2.24) is 10.2 Å². The number of amides is 3. The zero-order valence-corrected chi connectivity index (χ0v) is 20.2. The Labute approximate surface area is 199 Å². The zero-order valence-electron chi connectivity index (χ0n) is 20.2. The number of carbonyl (C=O) groups is 3. The van der Waals surface area contributed by atoms with E-state index >= 15 is 0 Å². The molecule has 3 amide bonds. The quantitative estimate of drug-likeness (QED) is 0.533. The van der Waals surface area contributed by atoms with Crippen LogP contribution < -0.4 is 10.1 Å². The van der Waals surface area contributed by atoms with Crippen LogP contribution in [-0.4, -0.2) is 41.1 Å². The number of nitrogens with zero attached hydrogens (tertiary/aromatic N) is 1. The average Bonchev–Trinajstić information content (AvgIpc) is 2.98. The highest BCUT2D eigenvalue weighted by Gasteiger charge is 2.34. The fourth-order valence-corrected chi connectivity index (χ4v) is 3.78. The lowest BCUT2D eigenvalue weighted by molar-refractivity contribution is 0.0505. The highest BCUT2D eigenvalue weighted by molar-refractivity contribution is 6.21. The number of halogens is 1. The molecule has 1 heterocycles. The molecule has 0 radical (unpaired) electrons. The van der Waals surface area contributed by atoms with E-state index in [-0.39, 0.29) is 24.5 Å². The van der Waals surface area contributed by atoms with Gasteiger partial charge in [-0.1, -0.05) is 12.1 Å². The smallest absolute Gasteiger partial charge is 0.408 e. The van der Waals surface area contributed by atoms with E-state index in [1.165, 1.54) is 23.1 Å². The summed E-state index contributed by atoms with van der Waals surface area (Å²) >= 11 is 0. The van der Waals surface area contributed by atoms with Crippen molar-refractivity contribution in [2.75, 3.05) is 6.54 Å². The number of imide groups is 1. The molecule has 182 valence electrons. The summed E-state index contributed by atoms with van der Waals surface area (Å²) in [5, 5.41) is 2.70. The summed E-state index contributed by atoms with van der Waals surface area (Å²) in [7, 11) is 0. The number of nitrogens with one attached hydrogen (secondary N) is 1. The molecule has 2 aromatic rings. The van der Waals surface area contributed by atoms with Gasteiger partial charge in [-0.25, -0.2) is 9.18 Å². The Kier molecular flexibility index (Phi) is 7.59. The van der Waals surface area contributed by atoms with Crippen LogP contribution in [0.25, 0.3) is 0 Å². The normalized spacial score (nSPS) is 15.1. The topological polar surface area (TPSA) is 84.9 Å². The van der Waals surface area contributed by atoms with Crippen molar-refractivity contribution >= 4 is 17.9 Å². The van der Waals surface area contributed by atoms with Gasteiger partial charge in [0.25, 0.3) is 11.8 Å². The summed E-state index contributed by atoms with van der Waals surface area (Å²) in [4.78, 5) is 38.4. The van der Waals surface area contributed by atoms with Gasteiger partial charge in [0.1, 0.15) is 17.2 Å². The molecule has 0 saturated carbocycles. The molecule has 0 saturated heterocycles. The Morgan fingerprint density at radius 1 is 1.06 bits per heavy atom. The molecular weight excluding hydrogens is 439 g/mol. The van der Waals surface area contributed by atoms with Crippen LogP contribution >= 0.6 is 0 Å². The summed E-state index contributed by atoms with van der Waals surface area (Å²) in [5.41, 5.74) is 0.690. The predicted molar refractivity (Wildman–Crippen MR) is 125 cm³/mol. The van der Waals surface area contributed by atoms with Gasteiger partial charge >= 0.3 is 6.09 Å². The van der Waals surface area contributed by atoms with Crippen LogP contribution in [0.3, 0.4) is 0 Å². The number of rotatable bonds is 8. The maximum atomic E-state index is 13.9. The maximum absolute atomic E-state index is 13.9. The predicted octanol–water partition coefficient (Wildman–Crippen LogP) is 5.26. The van der Waals surface area contributed by atoms with E-state index in [2.05, 4.69) is 5.32 Å². The lowest BCUT2D eigenvalue weighted by atomic mass is 10.1. The Bertz CT molecular complexity index is 1040. The molecule has 1 aliphatic heterocycles. The standard InChI is InChI=1S/C26H31FN2O5/c1-16(9-8-14-29-23(30)19-10-6-7-11-20(19)24(29)31)33-22-13-12-18(27)15-21(22)17(2)28-25(32)34-26(3,4)5/h6-7,10-13,15-17H,8-9,14H2,1-5H3,(H,28,32)/t16?,17-/m1/s1. The van der Waals surface area contributed by atoms with Crippen LogP contribution in [0.1, 0.15) is 79.8 Å². The Balaban J connectivity index is 1.58. The lowest BCUT2D eigenvalue weighted by Crippen LogP contribution is -2.34. The van der Waals surface area contributed by atoms with Gasteiger partial charge in [-0.2, -0.15) is 0 Å². The van der Waals surface area contributed by atoms with Gasteiger partial charge in [0.2, 0.25) is 0 Å². The molecule has 8 heteroatoms. The van der Waals surface area contributed by atoms with Crippen molar-refractivity contribution in [3.8, 4) is 5.75 Å². The molecule has 0 bridgehead atoms. The molecule has 0 aliphatic carbocycles. The van der Waals surface area contributed by atoms with E-state index in [1.54, 1.807) is 52.0 Å². The lowest BCUT2D eigenvalue weighted by Gasteiger charge is -2.24. The molecule has 1 unspecified atom stereocenters. The van der Waals surface area contributed by atoms with Crippen molar-refractivity contribution in [2.45, 2.75) is 65.2 Å². The van der Waals surface area contributed by atoms with Gasteiger partial charge < -0.3 is 14.8 Å². The first-order chi connectivity index (χ1) is 16.0. The molecule has 2 aromatic carbocycles. The van der Waals surface area contributed by atoms with Crippen molar-refractivity contribution in [3.05, 3.63) is 65.0 Å². The Morgan fingerprint density at radius 2 is 1.68 bits per heavy atom. The summed E-state index contributed by atoms with van der Waals surface area (Å²) in [5.74, 6) is -0.564. The zero-order chi connectivity index (χ0) is 25.0. The molecule has 0 aromatic heterocycles. The third-order valence-electron chi connectivity index (χ3n) is 5.37. The SMILES string of the molecule is CC(CCCN1C(=O)c2ccccc2C1=O)Oc1ccc(F)cc1[C@@H](C)NC(=O)OC(C)(C)C. The minimum Gasteiger partial charge on any atom is -0.490 e. The highest BCUT2D eigenvalue weighted by atomic mass is 19.1. The molecule has 2 atom stereocenters. The number of alkyl carbamates (subject to hydrolysis) is 1. The van der Waals surface area contributed by atoms with Gasteiger partial charge in [-0.3, -0.25) is 14.5 Å². The van der Waals surface area contributed by atoms with Crippen molar-refractivity contribution in [3.63, 3.8) is 0 Å². The summed E-state index contributed by atoms with van der Waals surface area (Å²) < 4.78 is 25.3. The number of hydrogen-bond acceptors (Lipinski definition) is 5. The first kappa shape index (κ1) is 25.2. The molecular formula is C26H31FN2O5. The summed E-state index contributed by atoms with van der Waals surface area (Å²) in [6.07, 6.45) is 0.241. The van der Waals surface area contributed by atoms with E-state index in [9.17, 15) is 18.8 Å². The molecule has 7 nitrogen and oxygen atoms in total. The van der Waals surface area contributed by atoms with E-state index in [0.717, 1.165) is 0 Å². The Morgan fingerprint density at radius 3 is 2.26 bits per heavy atom. The van der Waals surface area contributed by atoms with E-state index in [4.69, 9.17) is 9.47 Å². The first-order valence-corrected chi connectivity index (χ1v) is 11.4. The van der Waals surface area contributed by atoms with Gasteiger partial charge in [-0.05, 0) is 77.8 Å². The fourth-order valence-electron chi connectivity index (χ4n) is 3.78. The molecule has 1 N–H and O–H groups in total. The van der Waals surface area contributed by atoms with Crippen LogP contribution in [-0.2, 0) is 4.74 Å². The largest absolute Gasteiger partial charge is 0.490 e. The molecule has 0 fully saturated rings. The first-order valence-electron chi connectivity index (χ1n) is 11.4. The Hall–Kier alpha value is -3.42. The molecule has 34 heavy (non-hydrogen) atoms. The van der Waals surface area contributed by atoms with Crippen LogP contribution in [0, 0.1) is 5.82 Å². The third-order valence-corrected chi connectivity index (χ3v) is 5.37. The van der Waals surface area contributed by atoms with Gasteiger partial charge in [-0.15, -0.1) is 0 Å². The summed E-state index contributed by atoms with van der Waals surface area (Å²) in [6, 6.07) is 10.4. The minimum atomic E-state index is -0.654. The second kappa shape index (κ2) is 10.2. The van der Waals surface area contributed by atoms with Crippen molar-refractivity contribution in [2.24, 2.45) is 0 Å². The van der Waals surface area contributed by atoms with Gasteiger partial charge in [0, 0.05) is 12.1 Å². The van der Waals surface area contributed by atoms with Gasteiger partial charge in [0.05, 0.1) is 23.3 Å². The van der Waals surface area contributed by atoms with E-state index in [0.29, 0.717) is 35.3 Å². The summed E-state index contributed by atoms with van der Waals surface area (Å²) in [6.45, 7) is 9.15. The third kappa shape index (κ3) is 6.12. The number of ether oxygens (including phenoxy) is 2. The number of hydrogen-bond donors (Lipinski definition) is 1. The maximum Gasteiger partial charge on any atom is 0.408 e. The second-order valence-corrected chi connectivity index (χ2v) is 9.43. The van der Waals surface area contributed by atoms with Crippen molar-refractivity contribution in [1.29, 1.82) is 0 Å². The van der Waals surface area contributed by atoms with Crippen molar-refractivity contribution < 1.29 is 28.2 Å². The van der Waals surface area contributed by atoms with Crippen LogP contribution in [0.15, 0.2) is 42.5 Å². The molecule has 1 aliphatic rings. The second-order valence-electron chi connectivity index (χ2n) is 9.43. The van der Waals surface area contributed by atoms with E-state index in [1.807, 2.05) is 6.92 Å². The number of carbonyl (C=O) groups excluding carboxylic acids is 3. The van der Waals surface area contributed by atoms with Crippen LogP contribution in [0.4, 0.5) is 9.18 Å². The average molecular weight is 471 g/mol. The highest BCUT2D eigenvalue weighted by Crippen LogP contribution is 2.28. The van der Waals surface area contributed by atoms with E-state index < -0.39 is 23.6 Å². The monoisotopic (exact) mass is 470 g/mol. The minimum absolute atomic E-state index is 0.270. The number of benzene rings is 2. The molecule has 3 rings (SSSR count). The van der Waals surface area contributed by atoms with Crippen LogP contribution in [0.5, 0.6) is 5.75 Å². The fraction of sp³-hybridized carbons (Fsp3) is 0.423. The number of fused-ring (bicyclic) bond motifs is 1. The molecule has 0 spiro atoms. The van der Waals surface area contributed by atoms with Crippen LogP contribution in [0.2, 0.25) is 0 Å².